The van der Waals surface area contributed by atoms with Crippen molar-refractivity contribution in [3.8, 4) is 0 Å². The van der Waals surface area contributed by atoms with Crippen molar-refractivity contribution in [2.24, 2.45) is 5.41 Å². The summed E-state index contributed by atoms with van der Waals surface area (Å²) < 4.78 is 15.3. The lowest BCUT2D eigenvalue weighted by atomic mass is 9.97. The van der Waals surface area contributed by atoms with Crippen molar-refractivity contribution in [1.29, 1.82) is 0 Å². The molecule has 170 valence electrons. The standard InChI is InChI=1S/C16H29NO6.C7H8/c1-10(11(18)21-12(19)14(2,3)4)22-16(8,9)17-13(20)23-15(5,6)7;1-7-5-3-2-4-6-7/h10H,1-9H3,(H,17,20);2-6H,1H3. The number of carbonyl (C=O) groups is 3. The summed E-state index contributed by atoms with van der Waals surface area (Å²) in [4.78, 5) is 35.3. The Kier molecular flexibility index (Phi) is 10.2. The average Bonchev–Trinajstić information content (AvgIpc) is 2.52. The summed E-state index contributed by atoms with van der Waals surface area (Å²) >= 11 is 0. The van der Waals surface area contributed by atoms with Gasteiger partial charge in [0, 0.05) is 0 Å². The quantitative estimate of drug-likeness (QED) is 0.426. The zero-order valence-corrected chi connectivity index (χ0v) is 19.9. The molecule has 0 bridgehead atoms. The van der Waals surface area contributed by atoms with Gasteiger partial charge in [0.2, 0.25) is 0 Å². The molecule has 0 saturated carbocycles. The highest BCUT2D eigenvalue weighted by atomic mass is 16.6. The maximum Gasteiger partial charge on any atom is 0.409 e. The highest BCUT2D eigenvalue weighted by Gasteiger charge is 2.32. The summed E-state index contributed by atoms with van der Waals surface area (Å²) in [5.74, 6) is -1.46. The first-order valence-corrected chi connectivity index (χ1v) is 9.90. The highest BCUT2D eigenvalue weighted by molar-refractivity contribution is 5.90. The van der Waals surface area contributed by atoms with Gasteiger partial charge in [-0.3, -0.25) is 10.1 Å². The molecule has 0 aliphatic carbocycles. The fourth-order valence-electron chi connectivity index (χ4n) is 1.93. The van der Waals surface area contributed by atoms with E-state index in [0.29, 0.717) is 0 Å². The fraction of sp³-hybridized carbons (Fsp3) is 0.609. The van der Waals surface area contributed by atoms with Crippen molar-refractivity contribution in [3.63, 3.8) is 0 Å². The van der Waals surface area contributed by atoms with Crippen LogP contribution in [0.2, 0.25) is 0 Å². The predicted octanol–water partition coefficient (Wildman–Crippen LogP) is 4.76. The second kappa shape index (κ2) is 11.1. The van der Waals surface area contributed by atoms with E-state index in [1.54, 1.807) is 55.4 Å². The summed E-state index contributed by atoms with van der Waals surface area (Å²) in [5, 5.41) is 2.51. The second-order valence-corrected chi connectivity index (χ2v) is 9.51. The second-order valence-electron chi connectivity index (χ2n) is 9.51. The number of alkyl carbamates (subject to hydrolysis) is 1. The summed E-state index contributed by atoms with van der Waals surface area (Å²) in [5.41, 5.74) is -1.29. The Morgan fingerprint density at radius 3 is 1.77 bits per heavy atom. The number of benzene rings is 1. The number of ether oxygens (including phenoxy) is 3. The minimum atomic E-state index is -1.18. The van der Waals surface area contributed by atoms with Gasteiger partial charge in [0.05, 0.1) is 5.41 Å². The van der Waals surface area contributed by atoms with Gasteiger partial charge >= 0.3 is 18.0 Å². The van der Waals surface area contributed by atoms with Crippen LogP contribution in [0.3, 0.4) is 0 Å². The molecule has 1 amide bonds. The zero-order valence-electron chi connectivity index (χ0n) is 19.9. The monoisotopic (exact) mass is 423 g/mol. The number of nitrogens with one attached hydrogen (secondary N) is 1. The van der Waals surface area contributed by atoms with Crippen molar-refractivity contribution < 1.29 is 28.6 Å². The van der Waals surface area contributed by atoms with E-state index in [-0.39, 0.29) is 0 Å². The molecule has 7 heteroatoms. The Bertz CT molecular complexity index is 699. The first-order chi connectivity index (χ1) is 13.4. The van der Waals surface area contributed by atoms with E-state index >= 15 is 0 Å². The molecule has 7 nitrogen and oxygen atoms in total. The lowest BCUT2D eigenvalue weighted by Gasteiger charge is -2.30. The Morgan fingerprint density at radius 2 is 1.40 bits per heavy atom. The predicted molar refractivity (Wildman–Crippen MR) is 116 cm³/mol. The van der Waals surface area contributed by atoms with Gasteiger partial charge in [-0.15, -0.1) is 0 Å². The number of aryl methyl sites for hydroxylation is 1. The summed E-state index contributed by atoms with van der Waals surface area (Å²) in [6.45, 7) is 16.8. The maximum absolute atomic E-state index is 11.9. The van der Waals surface area contributed by atoms with Crippen LogP contribution < -0.4 is 5.32 Å². The largest absolute Gasteiger partial charge is 0.444 e. The lowest BCUT2D eigenvalue weighted by Crippen LogP contribution is -2.50. The van der Waals surface area contributed by atoms with Crippen LogP contribution in [0.15, 0.2) is 30.3 Å². The average molecular weight is 424 g/mol. The van der Waals surface area contributed by atoms with E-state index in [1.807, 2.05) is 18.2 Å². The molecule has 0 fully saturated rings. The smallest absolute Gasteiger partial charge is 0.409 e. The third-order valence-electron chi connectivity index (χ3n) is 3.35. The van der Waals surface area contributed by atoms with E-state index in [4.69, 9.17) is 14.2 Å². The SMILES string of the molecule is CC(OC(C)(C)NC(=O)OC(C)(C)C)C(=O)OC(=O)C(C)(C)C.Cc1ccccc1. The van der Waals surface area contributed by atoms with E-state index in [0.717, 1.165) is 0 Å². The molecular formula is C23H37NO6. The Balaban J connectivity index is 0.000001000. The molecule has 30 heavy (non-hydrogen) atoms. The van der Waals surface area contributed by atoms with Gasteiger partial charge in [-0.05, 0) is 69.2 Å². The summed E-state index contributed by atoms with van der Waals surface area (Å²) in [6.07, 6.45) is -1.71. The number of amides is 1. The van der Waals surface area contributed by atoms with Crippen molar-refractivity contribution in [3.05, 3.63) is 35.9 Å². The maximum atomic E-state index is 11.9. The topological polar surface area (TPSA) is 90.9 Å². The minimum Gasteiger partial charge on any atom is -0.444 e. The molecule has 0 spiro atoms. The molecular weight excluding hydrogens is 386 g/mol. The van der Waals surface area contributed by atoms with Gasteiger partial charge in [-0.25, -0.2) is 9.59 Å². The van der Waals surface area contributed by atoms with Crippen LogP contribution in [0.25, 0.3) is 0 Å². The van der Waals surface area contributed by atoms with Crippen molar-refractivity contribution in [1.82, 2.24) is 5.32 Å². The van der Waals surface area contributed by atoms with Crippen LogP contribution in [0.4, 0.5) is 4.79 Å². The Hall–Kier alpha value is -2.41. The number of rotatable bonds is 4. The molecule has 0 saturated heterocycles. The molecule has 0 aromatic heterocycles. The van der Waals surface area contributed by atoms with E-state index in [1.165, 1.54) is 12.5 Å². The zero-order chi connectivity index (χ0) is 23.8. The minimum absolute atomic E-state index is 0.643. The molecule has 1 rings (SSSR count). The van der Waals surface area contributed by atoms with Crippen molar-refractivity contribution >= 4 is 18.0 Å². The highest BCUT2D eigenvalue weighted by Crippen LogP contribution is 2.17. The molecule has 1 N–H and O–H groups in total. The van der Waals surface area contributed by atoms with Gasteiger partial charge in [0.25, 0.3) is 0 Å². The molecule has 1 aromatic carbocycles. The van der Waals surface area contributed by atoms with Crippen LogP contribution in [0, 0.1) is 12.3 Å². The third kappa shape index (κ3) is 12.9. The number of hydrogen-bond donors (Lipinski definition) is 1. The fourth-order valence-corrected chi connectivity index (χ4v) is 1.93. The van der Waals surface area contributed by atoms with E-state index in [9.17, 15) is 14.4 Å². The molecule has 1 atom stereocenters. The van der Waals surface area contributed by atoms with Gasteiger partial charge in [-0.1, -0.05) is 35.9 Å². The molecule has 0 aliphatic rings. The summed E-state index contributed by atoms with van der Waals surface area (Å²) in [7, 11) is 0. The lowest BCUT2D eigenvalue weighted by molar-refractivity contribution is -0.179. The van der Waals surface area contributed by atoms with Crippen LogP contribution in [0.1, 0.15) is 67.9 Å². The van der Waals surface area contributed by atoms with Gasteiger partial charge in [-0.2, -0.15) is 0 Å². The van der Waals surface area contributed by atoms with E-state index in [2.05, 4.69) is 24.4 Å². The van der Waals surface area contributed by atoms with Crippen LogP contribution in [0.5, 0.6) is 0 Å². The van der Waals surface area contributed by atoms with Gasteiger partial charge < -0.3 is 14.2 Å². The number of esters is 2. The van der Waals surface area contributed by atoms with Gasteiger partial charge in [0.15, 0.2) is 6.10 Å². The number of carbonyl (C=O) groups excluding carboxylic acids is 3. The first kappa shape index (κ1) is 27.6. The van der Waals surface area contributed by atoms with Crippen LogP contribution in [-0.2, 0) is 23.8 Å². The first-order valence-electron chi connectivity index (χ1n) is 9.90. The van der Waals surface area contributed by atoms with Crippen LogP contribution in [-0.4, -0.2) is 35.5 Å². The number of hydrogen-bond acceptors (Lipinski definition) is 6. The van der Waals surface area contributed by atoms with Crippen LogP contribution >= 0.6 is 0 Å². The summed E-state index contributed by atoms with van der Waals surface area (Å²) in [6, 6.07) is 10.3. The molecule has 1 aromatic rings. The Labute approximate surface area is 180 Å². The normalized spacial score (nSPS) is 12.7. The third-order valence-corrected chi connectivity index (χ3v) is 3.35. The van der Waals surface area contributed by atoms with E-state index < -0.39 is 40.9 Å². The molecule has 0 radical (unpaired) electrons. The molecule has 0 heterocycles. The Morgan fingerprint density at radius 1 is 0.900 bits per heavy atom. The molecule has 0 aliphatic heterocycles. The van der Waals surface area contributed by atoms with Gasteiger partial charge in [0.1, 0.15) is 11.3 Å². The molecule has 1 unspecified atom stereocenters. The van der Waals surface area contributed by atoms with Crippen molar-refractivity contribution in [2.75, 3.05) is 0 Å². The van der Waals surface area contributed by atoms with Crippen molar-refractivity contribution in [2.45, 2.75) is 86.7 Å².